The van der Waals surface area contributed by atoms with Gasteiger partial charge in [-0.05, 0) is 38.1 Å². The molecule has 0 saturated heterocycles. The number of Topliss-reactive ketones (excluding diaryl/α,β-unsaturated/α-hetero) is 1. The lowest BCUT2D eigenvalue weighted by Gasteiger charge is -2.20. The van der Waals surface area contributed by atoms with E-state index in [2.05, 4.69) is 0 Å². The molecule has 0 spiro atoms. The molecule has 0 radical (unpaired) electrons. The zero-order chi connectivity index (χ0) is 15.6. The van der Waals surface area contributed by atoms with Crippen molar-refractivity contribution < 1.29 is 9.72 Å². The average molecular weight is 284 g/mol. The SMILES string of the molecule is CC(=O)c1cc(N(C)c2ccc(C)cc2)ccc1[N+](=O)[O-]. The first-order valence-electron chi connectivity index (χ1n) is 6.50. The van der Waals surface area contributed by atoms with Gasteiger partial charge in [0.05, 0.1) is 10.5 Å². The van der Waals surface area contributed by atoms with Gasteiger partial charge in [-0.1, -0.05) is 17.7 Å². The van der Waals surface area contributed by atoms with Crippen LogP contribution in [0, 0.1) is 17.0 Å². The van der Waals surface area contributed by atoms with E-state index in [1.165, 1.54) is 13.0 Å². The summed E-state index contributed by atoms with van der Waals surface area (Å²) in [4.78, 5) is 23.9. The molecule has 0 aliphatic rings. The fourth-order valence-electron chi connectivity index (χ4n) is 2.09. The fraction of sp³-hybridized carbons (Fsp3) is 0.188. The first-order chi connectivity index (χ1) is 9.90. The van der Waals surface area contributed by atoms with Crippen LogP contribution in [0.4, 0.5) is 17.1 Å². The van der Waals surface area contributed by atoms with Gasteiger partial charge < -0.3 is 4.90 Å². The second-order valence-corrected chi connectivity index (χ2v) is 4.91. The molecule has 2 rings (SSSR count). The molecule has 0 amide bonds. The van der Waals surface area contributed by atoms with Gasteiger partial charge in [0.1, 0.15) is 0 Å². The number of carbonyl (C=O) groups is 1. The van der Waals surface area contributed by atoms with Gasteiger partial charge in [-0.2, -0.15) is 0 Å². The monoisotopic (exact) mass is 284 g/mol. The van der Waals surface area contributed by atoms with Gasteiger partial charge in [-0.3, -0.25) is 14.9 Å². The molecule has 2 aromatic carbocycles. The Balaban J connectivity index is 2.44. The van der Waals surface area contributed by atoms with Crippen molar-refractivity contribution in [2.75, 3.05) is 11.9 Å². The normalized spacial score (nSPS) is 10.2. The van der Waals surface area contributed by atoms with E-state index in [9.17, 15) is 14.9 Å². The summed E-state index contributed by atoms with van der Waals surface area (Å²) in [6, 6.07) is 12.5. The van der Waals surface area contributed by atoms with E-state index in [-0.39, 0.29) is 17.0 Å². The molecule has 0 fully saturated rings. The lowest BCUT2D eigenvalue weighted by molar-refractivity contribution is -0.385. The van der Waals surface area contributed by atoms with Gasteiger partial charge in [-0.25, -0.2) is 0 Å². The summed E-state index contributed by atoms with van der Waals surface area (Å²) in [5.41, 5.74) is 2.79. The van der Waals surface area contributed by atoms with Gasteiger partial charge >= 0.3 is 0 Å². The molecule has 0 atom stereocenters. The van der Waals surface area contributed by atoms with E-state index >= 15 is 0 Å². The largest absolute Gasteiger partial charge is 0.345 e. The number of nitro groups is 1. The highest BCUT2D eigenvalue weighted by molar-refractivity contribution is 5.99. The topological polar surface area (TPSA) is 63.5 Å². The highest BCUT2D eigenvalue weighted by Gasteiger charge is 2.19. The number of carbonyl (C=O) groups excluding carboxylic acids is 1. The van der Waals surface area contributed by atoms with Crippen molar-refractivity contribution in [2.24, 2.45) is 0 Å². The zero-order valence-corrected chi connectivity index (χ0v) is 12.2. The van der Waals surface area contributed by atoms with Crippen LogP contribution in [0.2, 0.25) is 0 Å². The molecule has 0 unspecified atom stereocenters. The Morgan fingerprint density at radius 3 is 2.19 bits per heavy atom. The van der Waals surface area contributed by atoms with Crippen LogP contribution in [-0.4, -0.2) is 17.8 Å². The molecule has 21 heavy (non-hydrogen) atoms. The van der Waals surface area contributed by atoms with E-state index in [0.29, 0.717) is 0 Å². The van der Waals surface area contributed by atoms with Crippen LogP contribution in [0.5, 0.6) is 0 Å². The van der Waals surface area contributed by atoms with Crippen molar-refractivity contribution in [1.82, 2.24) is 0 Å². The molecule has 5 nitrogen and oxygen atoms in total. The molecular weight excluding hydrogens is 268 g/mol. The Morgan fingerprint density at radius 1 is 1.10 bits per heavy atom. The maximum absolute atomic E-state index is 11.6. The fourth-order valence-corrected chi connectivity index (χ4v) is 2.09. The summed E-state index contributed by atoms with van der Waals surface area (Å²) in [5.74, 6) is -0.319. The third-order valence-corrected chi connectivity index (χ3v) is 3.36. The summed E-state index contributed by atoms with van der Waals surface area (Å²) in [6.45, 7) is 3.33. The molecular formula is C16H16N2O3. The molecule has 0 N–H and O–H groups in total. The predicted octanol–water partition coefficient (Wildman–Crippen LogP) is 3.87. The Morgan fingerprint density at radius 2 is 1.67 bits per heavy atom. The van der Waals surface area contributed by atoms with Crippen molar-refractivity contribution in [2.45, 2.75) is 13.8 Å². The smallest absolute Gasteiger partial charge is 0.280 e. The number of rotatable bonds is 4. The molecule has 0 aromatic heterocycles. The minimum atomic E-state index is -0.535. The summed E-state index contributed by atoms with van der Waals surface area (Å²) < 4.78 is 0. The summed E-state index contributed by atoms with van der Waals surface area (Å²) in [5, 5.41) is 11.0. The summed E-state index contributed by atoms with van der Waals surface area (Å²) in [7, 11) is 1.86. The van der Waals surface area contributed by atoms with E-state index in [1.54, 1.807) is 12.1 Å². The Kier molecular flexibility index (Phi) is 4.03. The van der Waals surface area contributed by atoms with Gasteiger partial charge in [0.2, 0.25) is 0 Å². The van der Waals surface area contributed by atoms with E-state index < -0.39 is 4.92 Å². The van der Waals surface area contributed by atoms with Gasteiger partial charge in [0.15, 0.2) is 5.78 Å². The van der Waals surface area contributed by atoms with Crippen molar-refractivity contribution in [1.29, 1.82) is 0 Å². The molecule has 0 heterocycles. The standard InChI is InChI=1S/C16H16N2O3/c1-11-4-6-13(7-5-11)17(3)14-8-9-16(18(20)21)15(10-14)12(2)19/h4-10H,1-3H3. The van der Waals surface area contributed by atoms with Crippen LogP contribution in [0.25, 0.3) is 0 Å². The molecule has 108 valence electrons. The Bertz CT molecular complexity index is 693. The third-order valence-electron chi connectivity index (χ3n) is 3.36. The van der Waals surface area contributed by atoms with Crippen molar-refractivity contribution >= 4 is 22.8 Å². The number of benzene rings is 2. The molecule has 0 aliphatic heterocycles. The minimum Gasteiger partial charge on any atom is -0.345 e. The van der Waals surface area contributed by atoms with Crippen LogP contribution in [-0.2, 0) is 0 Å². The number of nitro benzene ring substituents is 1. The molecule has 2 aromatic rings. The van der Waals surface area contributed by atoms with Crippen LogP contribution >= 0.6 is 0 Å². The number of aryl methyl sites for hydroxylation is 1. The second kappa shape index (κ2) is 5.75. The van der Waals surface area contributed by atoms with Crippen LogP contribution < -0.4 is 4.90 Å². The first kappa shape index (κ1) is 14.7. The van der Waals surface area contributed by atoms with Crippen molar-refractivity contribution in [3.05, 3.63) is 63.7 Å². The Hall–Kier alpha value is -2.69. The molecule has 0 bridgehead atoms. The maximum Gasteiger partial charge on any atom is 0.280 e. The highest BCUT2D eigenvalue weighted by Crippen LogP contribution is 2.29. The second-order valence-electron chi connectivity index (χ2n) is 4.91. The molecule has 5 heteroatoms. The number of anilines is 2. The van der Waals surface area contributed by atoms with Crippen LogP contribution in [0.15, 0.2) is 42.5 Å². The lowest BCUT2D eigenvalue weighted by Crippen LogP contribution is -2.11. The summed E-state index contributed by atoms with van der Waals surface area (Å²) in [6.07, 6.45) is 0. The van der Waals surface area contributed by atoms with Gasteiger partial charge in [0, 0.05) is 24.5 Å². The number of hydrogen-bond donors (Lipinski definition) is 0. The van der Waals surface area contributed by atoms with Gasteiger partial charge in [-0.15, -0.1) is 0 Å². The van der Waals surface area contributed by atoms with E-state index in [0.717, 1.165) is 16.9 Å². The highest BCUT2D eigenvalue weighted by atomic mass is 16.6. The quantitative estimate of drug-likeness (QED) is 0.485. The van der Waals surface area contributed by atoms with E-state index in [4.69, 9.17) is 0 Å². The van der Waals surface area contributed by atoms with Crippen LogP contribution in [0.3, 0.4) is 0 Å². The molecule has 0 saturated carbocycles. The number of ketones is 1. The average Bonchev–Trinajstić information content (AvgIpc) is 2.46. The molecule has 0 aliphatic carbocycles. The first-order valence-corrected chi connectivity index (χ1v) is 6.50. The van der Waals surface area contributed by atoms with Gasteiger partial charge in [0.25, 0.3) is 5.69 Å². The van der Waals surface area contributed by atoms with E-state index in [1.807, 2.05) is 43.1 Å². The van der Waals surface area contributed by atoms with Crippen molar-refractivity contribution in [3.8, 4) is 0 Å². The summed E-state index contributed by atoms with van der Waals surface area (Å²) >= 11 is 0. The number of nitrogens with zero attached hydrogens (tertiary/aromatic N) is 2. The minimum absolute atomic E-state index is 0.122. The van der Waals surface area contributed by atoms with Crippen molar-refractivity contribution in [3.63, 3.8) is 0 Å². The third kappa shape index (κ3) is 3.08. The Labute approximate surface area is 123 Å². The number of hydrogen-bond acceptors (Lipinski definition) is 4. The lowest BCUT2D eigenvalue weighted by atomic mass is 10.1. The maximum atomic E-state index is 11.6. The predicted molar refractivity (Wildman–Crippen MR) is 82.3 cm³/mol. The zero-order valence-electron chi connectivity index (χ0n) is 12.2. The van der Waals surface area contributed by atoms with Crippen LogP contribution in [0.1, 0.15) is 22.8 Å².